The zero-order valence-electron chi connectivity index (χ0n) is 16.2. The predicted octanol–water partition coefficient (Wildman–Crippen LogP) is 2.56. The average Bonchev–Trinajstić information content (AvgIpc) is 3.14. The molecule has 2 N–H and O–H groups in total. The number of hydrogen-bond donors (Lipinski definition) is 2. The Morgan fingerprint density at radius 1 is 1.17 bits per heavy atom. The Hall–Kier alpha value is -1.88. The molecule has 1 heterocycles. The van der Waals surface area contributed by atoms with Crippen molar-refractivity contribution < 1.29 is 17.5 Å². The predicted molar refractivity (Wildman–Crippen MR) is 123 cm³/mol. The fourth-order valence-electron chi connectivity index (χ4n) is 3.05. The van der Waals surface area contributed by atoms with Gasteiger partial charge in [-0.2, -0.15) is 0 Å². The van der Waals surface area contributed by atoms with E-state index in [0.29, 0.717) is 12.5 Å². The number of halogens is 2. The van der Waals surface area contributed by atoms with Gasteiger partial charge in [-0.15, -0.1) is 24.0 Å². The monoisotopic (exact) mass is 533 g/mol. The highest BCUT2D eigenvalue weighted by molar-refractivity contribution is 14.0. The number of rotatable bonds is 7. The first-order valence-corrected chi connectivity index (χ1v) is 10.8. The molecule has 9 heteroatoms. The summed E-state index contributed by atoms with van der Waals surface area (Å²) in [6.45, 7) is 1.52. The van der Waals surface area contributed by atoms with E-state index >= 15 is 0 Å². The van der Waals surface area contributed by atoms with E-state index in [1.54, 1.807) is 7.05 Å². The zero-order valence-corrected chi connectivity index (χ0v) is 19.3. The van der Waals surface area contributed by atoms with Crippen LogP contribution < -0.4 is 15.4 Å². The molecule has 0 unspecified atom stereocenters. The third-order valence-corrected chi connectivity index (χ3v) is 6.26. The van der Waals surface area contributed by atoms with Crippen molar-refractivity contribution in [2.75, 3.05) is 32.5 Å². The second-order valence-electron chi connectivity index (χ2n) is 6.47. The molecule has 2 aromatic carbocycles. The number of aliphatic imine (C=N–C) groups is 1. The number of benzene rings is 2. The number of fused-ring (bicyclic) bond motifs is 1. The number of sulfone groups is 1. The van der Waals surface area contributed by atoms with Gasteiger partial charge in [-0.25, -0.2) is 12.8 Å². The highest BCUT2D eigenvalue weighted by Gasteiger charge is 2.18. The van der Waals surface area contributed by atoms with Crippen molar-refractivity contribution in [3.8, 4) is 5.75 Å². The van der Waals surface area contributed by atoms with Crippen LogP contribution in [0.1, 0.15) is 11.1 Å². The van der Waals surface area contributed by atoms with Crippen LogP contribution in [-0.2, 0) is 22.7 Å². The molecule has 1 aliphatic heterocycles. The fraction of sp³-hybridized carbons (Fsp3) is 0.350. The lowest BCUT2D eigenvalue weighted by Crippen LogP contribution is -2.40. The smallest absolute Gasteiger partial charge is 0.191 e. The molecular formula is C20H25FIN3O3S. The molecular weight excluding hydrogens is 508 g/mol. The lowest BCUT2D eigenvalue weighted by atomic mass is 10.1. The number of nitrogens with zero attached hydrogens (tertiary/aromatic N) is 1. The van der Waals surface area contributed by atoms with E-state index < -0.39 is 15.7 Å². The molecule has 0 radical (unpaired) electrons. The van der Waals surface area contributed by atoms with Crippen molar-refractivity contribution >= 4 is 39.8 Å². The van der Waals surface area contributed by atoms with Crippen LogP contribution in [0.4, 0.5) is 4.39 Å². The first kappa shape index (κ1) is 23.4. The normalized spacial score (nSPS) is 13.2. The maximum atomic E-state index is 13.7. The van der Waals surface area contributed by atoms with E-state index in [9.17, 15) is 12.8 Å². The molecule has 0 amide bonds. The molecule has 0 saturated carbocycles. The molecule has 6 nitrogen and oxygen atoms in total. The van der Waals surface area contributed by atoms with Crippen molar-refractivity contribution in [1.82, 2.24) is 10.6 Å². The molecule has 0 aliphatic carbocycles. The summed E-state index contributed by atoms with van der Waals surface area (Å²) < 4.78 is 43.7. The van der Waals surface area contributed by atoms with E-state index in [4.69, 9.17) is 4.74 Å². The first-order valence-electron chi connectivity index (χ1n) is 9.16. The van der Waals surface area contributed by atoms with Crippen LogP contribution in [-0.4, -0.2) is 46.9 Å². The standard InChI is InChI=1S/C20H24FN3O3S.HI/c1-22-20(23-10-8-15-6-7-18-16(14-15)9-12-27-18)24-11-13-28(25,26)19-5-3-2-4-17(19)21;/h2-7,14H,8-13H2,1H3,(H2,22,23,24);1H. The third-order valence-electron chi connectivity index (χ3n) is 4.52. The minimum Gasteiger partial charge on any atom is -0.493 e. The number of hydrogen-bond acceptors (Lipinski definition) is 4. The molecule has 0 fully saturated rings. The topological polar surface area (TPSA) is 79.8 Å². The van der Waals surface area contributed by atoms with Crippen LogP contribution in [0.25, 0.3) is 0 Å². The van der Waals surface area contributed by atoms with Crippen LogP contribution in [0.15, 0.2) is 52.4 Å². The van der Waals surface area contributed by atoms with Gasteiger partial charge in [-0.1, -0.05) is 24.3 Å². The summed E-state index contributed by atoms with van der Waals surface area (Å²) in [6.07, 6.45) is 1.75. The highest BCUT2D eigenvalue weighted by atomic mass is 127. The maximum Gasteiger partial charge on any atom is 0.191 e. The molecule has 0 aromatic heterocycles. The van der Waals surface area contributed by atoms with E-state index in [-0.39, 0.29) is 41.2 Å². The van der Waals surface area contributed by atoms with Crippen molar-refractivity contribution in [1.29, 1.82) is 0 Å². The average molecular weight is 533 g/mol. The maximum absolute atomic E-state index is 13.7. The van der Waals surface area contributed by atoms with Gasteiger partial charge in [-0.3, -0.25) is 4.99 Å². The number of guanidine groups is 1. The summed E-state index contributed by atoms with van der Waals surface area (Å²) in [6, 6.07) is 11.6. The Bertz CT molecular complexity index is 967. The summed E-state index contributed by atoms with van der Waals surface area (Å²) >= 11 is 0. The van der Waals surface area contributed by atoms with Crippen LogP contribution in [0.5, 0.6) is 5.75 Å². The van der Waals surface area contributed by atoms with E-state index in [0.717, 1.165) is 31.3 Å². The molecule has 0 bridgehead atoms. The van der Waals surface area contributed by atoms with E-state index in [1.807, 2.05) is 12.1 Å². The van der Waals surface area contributed by atoms with Gasteiger partial charge in [0.2, 0.25) is 0 Å². The van der Waals surface area contributed by atoms with Crippen molar-refractivity contribution in [2.24, 2.45) is 4.99 Å². The molecule has 0 spiro atoms. The van der Waals surface area contributed by atoms with E-state index in [1.165, 1.54) is 29.3 Å². The Morgan fingerprint density at radius 3 is 2.69 bits per heavy atom. The molecule has 158 valence electrons. The second-order valence-corrected chi connectivity index (χ2v) is 8.54. The van der Waals surface area contributed by atoms with Gasteiger partial charge in [-0.05, 0) is 35.7 Å². The molecule has 1 aliphatic rings. The Kier molecular flexibility index (Phi) is 8.69. The van der Waals surface area contributed by atoms with Gasteiger partial charge in [0.15, 0.2) is 15.8 Å². The number of nitrogens with one attached hydrogen (secondary N) is 2. The zero-order chi connectivity index (χ0) is 20.0. The quantitative estimate of drug-likeness (QED) is 0.325. The summed E-state index contributed by atoms with van der Waals surface area (Å²) in [5.74, 6) is 0.516. The molecule has 29 heavy (non-hydrogen) atoms. The van der Waals surface area contributed by atoms with Gasteiger partial charge in [0.1, 0.15) is 16.5 Å². The van der Waals surface area contributed by atoms with Crippen molar-refractivity contribution in [3.05, 3.63) is 59.4 Å². The van der Waals surface area contributed by atoms with Crippen LogP contribution in [0.3, 0.4) is 0 Å². The van der Waals surface area contributed by atoms with Crippen LogP contribution in [0.2, 0.25) is 0 Å². The molecule has 0 atom stereocenters. The third kappa shape index (κ3) is 6.30. The van der Waals surface area contributed by atoms with Gasteiger partial charge in [0, 0.05) is 26.6 Å². The molecule has 3 rings (SSSR count). The Morgan fingerprint density at radius 2 is 1.93 bits per heavy atom. The SMILES string of the molecule is CN=C(NCCc1ccc2c(c1)CCO2)NCCS(=O)(=O)c1ccccc1F.I. The lowest BCUT2D eigenvalue weighted by molar-refractivity contribution is 0.357. The van der Waals surface area contributed by atoms with Gasteiger partial charge in [0.25, 0.3) is 0 Å². The highest BCUT2D eigenvalue weighted by Crippen LogP contribution is 2.25. The molecule has 2 aromatic rings. The molecule has 0 saturated heterocycles. The van der Waals surface area contributed by atoms with Crippen LogP contribution >= 0.6 is 24.0 Å². The van der Waals surface area contributed by atoms with Crippen molar-refractivity contribution in [3.63, 3.8) is 0 Å². The largest absolute Gasteiger partial charge is 0.493 e. The Labute approximate surface area is 187 Å². The van der Waals surface area contributed by atoms with Gasteiger partial charge < -0.3 is 15.4 Å². The lowest BCUT2D eigenvalue weighted by Gasteiger charge is -2.12. The van der Waals surface area contributed by atoms with E-state index in [2.05, 4.69) is 21.7 Å². The summed E-state index contributed by atoms with van der Waals surface area (Å²) in [4.78, 5) is 3.82. The first-order chi connectivity index (χ1) is 13.5. The van der Waals surface area contributed by atoms with Gasteiger partial charge in [0.05, 0.1) is 12.4 Å². The Balaban J connectivity index is 0.00000300. The minimum absolute atomic E-state index is 0. The van der Waals surface area contributed by atoms with Crippen LogP contribution in [0, 0.1) is 5.82 Å². The summed E-state index contributed by atoms with van der Waals surface area (Å²) in [5, 5.41) is 6.12. The fourth-order valence-corrected chi connectivity index (χ4v) is 4.29. The summed E-state index contributed by atoms with van der Waals surface area (Å²) in [7, 11) is -2.08. The van der Waals surface area contributed by atoms with Gasteiger partial charge >= 0.3 is 0 Å². The summed E-state index contributed by atoms with van der Waals surface area (Å²) in [5.41, 5.74) is 2.44. The number of ether oxygens (including phenoxy) is 1. The minimum atomic E-state index is -3.70. The second kappa shape index (κ2) is 10.8. The van der Waals surface area contributed by atoms with Crippen molar-refractivity contribution in [2.45, 2.75) is 17.7 Å².